The van der Waals surface area contributed by atoms with Crippen molar-refractivity contribution in [2.45, 2.75) is 50.6 Å². The average Bonchev–Trinajstić information content (AvgIpc) is 3.06. The number of piperidine rings is 1. The van der Waals surface area contributed by atoms with Crippen LogP contribution in [0.2, 0.25) is 0 Å². The number of nitrogens with zero attached hydrogens (tertiary/aromatic N) is 3. The molecule has 7 heteroatoms. The first-order valence-corrected chi connectivity index (χ1v) is 8.63. The first-order valence-electron chi connectivity index (χ1n) is 8.63. The molecule has 1 spiro atoms. The lowest BCUT2D eigenvalue weighted by Gasteiger charge is -2.48. The normalized spacial score (nSPS) is 21.2. The highest BCUT2D eigenvalue weighted by Crippen LogP contribution is 2.48. The van der Waals surface area contributed by atoms with E-state index in [2.05, 4.69) is 10.1 Å². The largest absolute Gasteiger partial charge is 0.481 e. The van der Waals surface area contributed by atoms with Crippen LogP contribution in [0, 0.1) is 0 Å². The third kappa shape index (κ3) is 2.65. The number of halogens is 2. The summed E-state index contributed by atoms with van der Waals surface area (Å²) in [6.45, 7) is 4.76. The Morgan fingerprint density at radius 3 is 2.56 bits per heavy atom. The quantitative estimate of drug-likeness (QED) is 0.825. The molecule has 0 aliphatic carbocycles. The molecule has 0 saturated carbocycles. The van der Waals surface area contributed by atoms with Crippen molar-refractivity contribution in [3.05, 3.63) is 35.7 Å². The molecule has 2 aromatic rings. The third-order valence-electron chi connectivity index (χ3n) is 5.15. The fourth-order valence-electron chi connectivity index (χ4n) is 3.55. The molecule has 0 bridgehead atoms. The minimum Gasteiger partial charge on any atom is -0.481 e. The van der Waals surface area contributed by atoms with Crippen LogP contribution in [0.15, 0.2) is 28.8 Å². The number of anilines is 1. The molecule has 1 aromatic carbocycles. The molecule has 5 nitrogen and oxygen atoms in total. The molecule has 134 valence electrons. The average molecular weight is 349 g/mol. The summed E-state index contributed by atoms with van der Waals surface area (Å²) in [5.74, 6) is -1.54. The van der Waals surface area contributed by atoms with Crippen molar-refractivity contribution in [1.29, 1.82) is 0 Å². The maximum absolute atomic E-state index is 14.9. The van der Waals surface area contributed by atoms with E-state index in [1.54, 1.807) is 18.2 Å². The maximum atomic E-state index is 14.9. The van der Waals surface area contributed by atoms with Crippen LogP contribution in [0.3, 0.4) is 0 Å². The van der Waals surface area contributed by atoms with Gasteiger partial charge in [0.15, 0.2) is 11.4 Å². The summed E-state index contributed by atoms with van der Waals surface area (Å²) in [4.78, 5) is 6.22. The monoisotopic (exact) mass is 349 g/mol. The molecule has 0 atom stereocenters. The lowest BCUT2D eigenvalue weighted by molar-refractivity contribution is -0.185. The Kier molecular flexibility index (Phi) is 3.70. The molecular formula is C18H21F2N3O2. The smallest absolute Gasteiger partial charge is 0.324 e. The van der Waals surface area contributed by atoms with E-state index in [9.17, 15) is 8.78 Å². The number of aromatic nitrogens is 2. The molecular weight excluding hydrogens is 328 g/mol. The summed E-state index contributed by atoms with van der Waals surface area (Å²) in [5, 5.41) is 3.95. The SMILES string of the molecule is CC(C)c1noc(N2CCC3(CC2)Oc2ccccc2CC3(F)F)n1. The molecule has 25 heavy (non-hydrogen) atoms. The maximum Gasteiger partial charge on any atom is 0.324 e. The predicted molar refractivity (Wildman–Crippen MR) is 88.3 cm³/mol. The molecule has 0 unspecified atom stereocenters. The van der Waals surface area contributed by atoms with Crippen LogP contribution in [-0.2, 0) is 6.42 Å². The molecule has 3 heterocycles. The van der Waals surface area contributed by atoms with Crippen molar-refractivity contribution in [2.24, 2.45) is 0 Å². The van der Waals surface area contributed by atoms with Crippen molar-refractivity contribution in [1.82, 2.24) is 10.1 Å². The first kappa shape index (κ1) is 16.3. The number of hydrogen-bond donors (Lipinski definition) is 0. The van der Waals surface area contributed by atoms with Crippen molar-refractivity contribution in [2.75, 3.05) is 18.0 Å². The summed E-state index contributed by atoms with van der Waals surface area (Å²) in [7, 11) is 0. The van der Waals surface area contributed by atoms with Crippen LogP contribution in [0.5, 0.6) is 5.75 Å². The predicted octanol–water partition coefficient (Wildman–Crippen LogP) is 3.80. The number of benzene rings is 1. The highest BCUT2D eigenvalue weighted by molar-refractivity contribution is 5.39. The number of alkyl halides is 2. The Labute approximate surface area is 145 Å². The van der Waals surface area contributed by atoms with Gasteiger partial charge in [-0.1, -0.05) is 37.2 Å². The summed E-state index contributed by atoms with van der Waals surface area (Å²) in [5.41, 5.74) is -0.891. The standard InChI is InChI=1S/C18H21F2N3O2/c1-12(2)15-21-16(25-22-15)23-9-7-17(8-10-23)18(19,20)11-13-5-3-4-6-14(13)24-17/h3-6,12H,7-11H2,1-2H3. The van der Waals surface area contributed by atoms with E-state index in [1.807, 2.05) is 24.8 Å². The summed E-state index contributed by atoms with van der Waals surface area (Å²) >= 11 is 0. The zero-order valence-electron chi connectivity index (χ0n) is 14.3. The molecule has 0 amide bonds. The highest BCUT2D eigenvalue weighted by Gasteiger charge is 2.59. The van der Waals surface area contributed by atoms with Crippen LogP contribution in [0.4, 0.5) is 14.8 Å². The second kappa shape index (κ2) is 5.68. The van der Waals surface area contributed by atoms with Gasteiger partial charge in [0.25, 0.3) is 5.92 Å². The lowest BCUT2D eigenvalue weighted by Crippen LogP contribution is -2.61. The Balaban J connectivity index is 1.54. The van der Waals surface area contributed by atoms with E-state index in [1.165, 1.54) is 0 Å². The number of hydrogen-bond acceptors (Lipinski definition) is 5. The number of rotatable bonds is 2. The minimum atomic E-state index is -2.90. The molecule has 1 aromatic heterocycles. The van der Waals surface area contributed by atoms with Gasteiger partial charge in [0.05, 0.1) is 0 Å². The molecule has 2 aliphatic rings. The van der Waals surface area contributed by atoms with E-state index >= 15 is 0 Å². The molecule has 1 fully saturated rings. The van der Waals surface area contributed by atoms with Gasteiger partial charge in [0, 0.05) is 43.8 Å². The fraction of sp³-hybridized carbons (Fsp3) is 0.556. The number of para-hydroxylation sites is 1. The van der Waals surface area contributed by atoms with Gasteiger partial charge in [-0.3, -0.25) is 0 Å². The molecule has 4 rings (SSSR count). The van der Waals surface area contributed by atoms with Gasteiger partial charge in [-0.25, -0.2) is 8.78 Å². The number of ether oxygens (including phenoxy) is 1. The van der Waals surface area contributed by atoms with E-state index in [4.69, 9.17) is 9.26 Å². The van der Waals surface area contributed by atoms with Crippen LogP contribution >= 0.6 is 0 Å². The van der Waals surface area contributed by atoms with Gasteiger partial charge in [0.2, 0.25) is 0 Å². The van der Waals surface area contributed by atoms with Gasteiger partial charge >= 0.3 is 6.01 Å². The third-order valence-corrected chi connectivity index (χ3v) is 5.15. The van der Waals surface area contributed by atoms with Crippen molar-refractivity contribution in [3.63, 3.8) is 0 Å². The van der Waals surface area contributed by atoms with Crippen molar-refractivity contribution >= 4 is 6.01 Å². The number of fused-ring (bicyclic) bond motifs is 1. The Bertz CT molecular complexity index is 767. The minimum absolute atomic E-state index is 0.163. The topological polar surface area (TPSA) is 51.4 Å². The van der Waals surface area contributed by atoms with E-state index in [0.717, 1.165) is 0 Å². The lowest BCUT2D eigenvalue weighted by atomic mass is 9.80. The van der Waals surface area contributed by atoms with Gasteiger partial charge in [-0.2, -0.15) is 4.98 Å². The van der Waals surface area contributed by atoms with Gasteiger partial charge in [-0.15, -0.1) is 0 Å². The fourth-order valence-corrected chi connectivity index (χ4v) is 3.55. The second-order valence-corrected chi connectivity index (χ2v) is 7.16. The Morgan fingerprint density at radius 2 is 1.88 bits per heavy atom. The van der Waals surface area contributed by atoms with Crippen molar-refractivity contribution < 1.29 is 18.0 Å². The Morgan fingerprint density at radius 1 is 1.16 bits per heavy atom. The summed E-state index contributed by atoms with van der Waals surface area (Å²) < 4.78 is 40.9. The summed E-state index contributed by atoms with van der Waals surface area (Å²) in [6.07, 6.45) is 0.155. The van der Waals surface area contributed by atoms with Gasteiger partial charge < -0.3 is 14.2 Å². The van der Waals surface area contributed by atoms with E-state index in [0.29, 0.717) is 36.2 Å². The molecule has 0 N–H and O–H groups in total. The zero-order valence-corrected chi connectivity index (χ0v) is 14.3. The van der Waals surface area contributed by atoms with Crippen molar-refractivity contribution in [3.8, 4) is 5.75 Å². The first-order chi connectivity index (χ1) is 11.9. The molecule has 0 radical (unpaired) electrons. The van der Waals surface area contributed by atoms with Crippen LogP contribution in [0.25, 0.3) is 0 Å². The zero-order chi connectivity index (χ0) is 17.7. The van der Waals surface area contributed by atoms with Crippen LogP contribution < -0.4 is 9.64 Å². The summed E-state index contributed by atoms with van der Waals surface area (Å²) in [6, 6.07) is 7.46. The van der Waals surface area contributed by atoms with E-state index in [-0.39, 0.29) is 25.2 Å². The van der Waals surface area contributed by atoms with Crippen LogP contribution in [0.1, 0.15) is 44.0 Å². The Hall–Kier alpha value is -2.18. The van der Waals surface area contributed by atoms with Gasteiger partial charge in [0.1, 0.15) is 5.75 Å². The van der Waals surface area contributed by atoms with E-state index < -0.39 is 11.5 Å². The molecule has 1 saturated heterocycles. The molecule has 2 aliphatic heterocycles. The highest BCUT2D eigenvalue weighted by atomic mass is 19.3. The second-order valence-electron chi connectivity index (χ2n) is 7.16. The van der Waals surface area contributed by atoms with Crippen LogP contribution in [-0.4, -0.2) is 34.8 Å². The van der Waals surface area contributed by atoms with Gasteiger partial charge in [-0.05, 0) is 6.07 Å².